The van der Waals surface area contributed by atoms with Crippen molar-refractivity contribution in [2.45, 2.75) is 26.4 Å². The second-order valence-electron chi connectivity index (χ2n) is 6.88. The van der Waals surface area contributed by atoms with Gasteiger partial charge in [-0.05, 0) is 43.2 Å². The monoisotopic (exact) mass is 404 g/mol. The number of nitrogens with one attached hydrogen (secondary N) is 1. The van der Waals surface area contributed by atoms with Gasteiger partial charge in [0.25, 0.3) is 11.6 Å². The van der Waals surface area contributed by atoms with Gasteiger partial charge in [0.05, 0.1) is 11.0 Å². The van der Waals surface area contributed by atoms with Crippen molar-refractivity contribution < 1.29 is 9.72 Å². The molecule has 3 rings (SSSR count). The zero-order valence-corrected chi connectivity index (χ0v) is 17.0. The van der Waals surface area contributed by atoms with Crippen LogP contribution in [-0.4, -0.2) is 27.3 Å². The molecule has 0 fully saturated rings. The van der Waals surface area contributed by atoms with Gasteiger partial charge >= 0.3 is 0 Å². The van der Waals surface area contributed by atoms with Crippen LogP contribution >= 0.6 is 0 Å². The van der Waals surface area contributed by atoms with Crippen molar-refractivity contribution in [2.75, 3.05) is 11.9 Å². The standard InChI is InChI=1S/C23H24N4O3/c1-3-26(17(2)20-10-7-13-24-16-20)23(28)19-11-12-21(22(14-19)27(29)30)25-15-18-8-5-4-6-9-18/h4-14,16-17,25H,3,15H2,1-2H3. The fourth-order valence-corrected chi connectivity index (χ4v) is 3.32. The number of nitro benzene ring substituents is 1. The van der Waals surface area contributed by atoms with Crippen molar-refractivity contribution in [1.82, 2.24) is 9.88 Å². The summed E-state index contributed by atoms with van der Waals surface area (Å²) in [5.74, 6) is -0.258. The number of hydrogen-bond acceptors (Lipinski definition) is 5. The second-order valence-corrected chi connectivity index (χ2v) is 6.88. The molecule has 1 unspecified atom stereocenters. The lowest BCUT2D eigenvalue weighted by Crippen LogP contribution is -2.33. The Morgan fingerprint density at radius 3 is 2.57 bits per heavy atom. The molecule has 1 atom stereocenters. The topological polar surface area (TPSA) is 88.4 Å². The van der Waals surface area contributed by atoms with E-state index < -0.39 is 4.92 Å². The number of nitro groups is 1. The SMILES string of the molecule is CCN(C(=O)c1ccc(NCc2ccccc2)c([N+](=O)[O-])c1)C(C)c1cccnc1. The van der Waals surface area contributed by atoms with E-state index in [4.69, 9.17) is 0 Å². The van der Waals surface area contributed by atoms with Crippen LogP contribution in [0.25, 0.3) is 0 Å². The Hall–Kier alpha value is -3.74. The number of amides is 1. The highest BCUT2D eigenvalue weighted by molar-refractivity contribution is 5.96. The average Bonchev–Trinajstić information content (AvgIpc) is 2.79. The van der Waals surface area contributed by atoms with Crippen LogP contribution < -0.4 is 5.32 Å². The van der Waals surface area contributed by atoms with E-state index in [2.05, 4.69) is 10.3 Å². The van der Waals surface area contributed by atoms with Gasteiger partial charge in [-0.1, -0.05) is 36.4 Å². The van der Waals surface area contributed by atoms with E-state index in [9.17, 15) is 14.9 Å². The molecule has 1 N–H and O–H groups in total. The summed E-state index contributed by atoms with van der Waals surface area (Å²) in [5.41, 5.74) is 2.45. The van der Waals surface area contributed by atoms with Crippen LogP contribution in [0, 0.1) is 10.1 Å². The van der Waals surface area contributed by atoms with E-state index in [-0.39, 0.29) is 23.2 Å². The Bertz CT molecular complexity index is 1010. The molecule has 0 saturated heterocycles. The smallest absolute Gasteiger partial charge is 0.293 e. The van der Waals surface area contributed by atoms with Crippen LogP contribution in [0.5, 0.6) is 0 Å². The van der Waals surface area contributed by atoms with Gasteiger partial charge in [-0.25, -0.2) is 0 Å². The Balaban J connectivity index is 1.83. The first-order valence-corrected chi connectivity index (χ1v) is 9.78. The molecule has 7 nitrogen and oxygen atoms in total. The minimum absolute atomic E-state index is 0.123. The molecule has 0 radical (unpaired) electrons. The zero-order valence-electron chi connectivity index (χ0n) is 17.0. The summed E-state index contributed by atoms with van der Waals surface area (Å²) in [4.78, 5) is 30.1. The summed E-state index contributed by atoms with van der Waals surface area (Å²) in [5, 5.41) is 14.7. The number of nitrogens with zero attached hydrogens (tertiary/aromatic N) is 3. The lowest BCUT2D eigenvalue weighted by atomic mass is 10.1. The van der Waals surface area contributed by atoms with Crippen LogP contribution in [0.4, 0.5) is 11.4 Å². The van der Waals surface area contributed by atoms with Crippen molar-refractivity contribution >= 4 is 17.3 Å². The van der Waals surface area contributed by atoms with Crippen molar-refractivity contribution in [3.05, 3.63) is 99.9 Å². The Morgan fingerprint density at radius 1 is 1.17 bits per heavy atom. The predicted molar refractivity (Wildman–Crippen MR) is 116 cm³/mol. The molecule has 30 heavy (non-hydrogen) atoms. The van der Waals surface area contributed by atoms with Gasteiger partial charge in [0.1, 0.15) is 5.69 Å². The third kappa shape index (κ3) is 4.81. The summed E-state index contributed by atoms with van der Waals surface area (Å²) in [6.07, 6.45) is 3.40. The van der Waals surface area contributed by atoms with E-state index in [1.54, 1.807) is 29.4 Å². The number of rotatable bonds is 8. The van der Waals surface area contributed by atoms with Gasteiger partial charge < -0.3 is 10.2 Å². The molecular weight excluding hydrogens is 380 g/mol. The van der Waals surface area contributed by atoms with Crippen LogP contribution in [0.15, 0.2) is 73.1 Å². The maximum absolute atomic E-state index is 13.1. The average molecular weight is 404 g/mol. The number of carbonyl (C=O) groups is 1. The number of aromatic nitrogens is 1. The van der Waals surface area contributed by atoms with Gasteiger partial charge in [-0.15, -0.1) is 0 Å². The molecule has 0 aliphatic heterocycles. The lowest BCUT2D eigenvalue weighted by molar-refractivity contribution is -0.384. The highest BCUT2D eigenvalue weighted by atomic mass is 16.6. The normalized spacial score (nSPS) is 11.5. The molecule has 1 amide bonds. The first kappa shape index (κ1) is 21.0. The summed E-state index contributed by atoms with van der Waals surface area (Å²) in [7, 11) is 0. The molecule has 154 valence electrons. The first-order chi connectivity index (χ1) is 14.5. The summed E-state index contributed by atoms with van der Waals surface area (Å²) in [6, 6.07) is 17.7. The number of pyridine rings is 1. The maximum Gasteiger partial charge on any atom is 0.293 e. The van der Waals surface area contributed by atoms with E-state index in [0.717, 1.165) is 11.1 Å². The van der Waals surface area contributed by atoms with Crippen LogP contribution in [-0.2, 0) is 6.54 Å². The molecule has 0 bridgehead atoms. The number of anilines is 1. The lowest BCUT2D eigenvalue weighted by Gasteiger charge is -2.28. The summed E-state index contributed by atoms with van der Waals surface area (Å²) in [6.45, 7) is 4.72. The molecule has 0 aliphatic rings. The molecule has 0 aliphatic carbocycles. The molecule has 0 saturated carbocycles. The number of benzene rings is 2. The van der Waals surface area contributed by atoms with E-state index >= 15 is 0 Å². The van der Waals surface area contributed by atoms with Crippen LogP contribution in [0.1, 0.15) is 41.4 Å². The van der Waals surface area contributed by atoms with E-state index in [0.29, 0.717) is 18.8 Å². The largest absolute Gasteiger partial charge is 0.375 e. The van der Waals surface area contributed by atoms with Crippen molar-refractivity contribution in [3.63, 3.8) is 0 Å². The molecule has 0 spiro atoms. The molecule has 1 heterocycles. The quantitative estimate of drug-likeness (QED) is 0.429. The highest BCUT2D eigenvalue weighted by Gasteiger charge is 2.24. The third-order valence-corrected chi connectivity index (χ3v) is 5.00. The van der Waals surface area contributed by atoms with Crippen LogP contribution in [0.3, 0.4) is 0 Å². The number of hydrogen-bond donors (Lipinski definition) is 1. The zero-order chi connectivity index (χ0) is 21.5. The van der Waals surface area contributed by atoms with Gasteiger partial charge in [-0.3, -0.25) is 19.9 Å². The number of carbonyl (C=O) groups excluding carboxylic acids is 1. The van der Waals surface area contributed by atoms with Gasteiger partial charge in [0, 0.05) is 37.1 Å². The minimum atomic E-state index is -0.467. The van der Waals surface area contributed by atoms with Gasteiger partial charge in [0.15, 0.2) is 0 Å². The van der Waals surface area contributed by atoms with Crippen molar-refractivity contribution in [2.24, 2.45) is 0 Å². The van der Waals surface area contributed by atoms with Gasteiger partial charge in [-0.2, -0.15) is 0 Å². The second kappa shape index (κ2) is 9.65. The van der Waals surface area contributed by atoms with Gasteiger partial charge in [0.2, 0.25) is 0 Å². The van der Waals surface area contributed by atoms with Crippen molar-refractivity contribution in [1.29, 1.82) is 0 Å². The highest BCUT2D eigenvalue weighted by Crippen LogP contribution is 2.28. The molecule has 2 aromatic carbocycles. The molecule has 1 aromatic heterocycles. The maximum atomic E-state index is 13.1. The Labute approximate surface area is 175 Å². The molecular formula is C23H24N4O3. The molecule has 7 heteroatoms. The fraction of sp³-hybridized carbons (Fsp3) is 0.217. The van der Waals surface area contributed by atoms with Crippen molar-refractivity contribution in [3.8, 4) is 0 Å². The first-order valence-electron chi connectivity index (χ1n) is 9.78. The van der Waals surface area contributed by atoms with E-state index in [1.807, 2.05) is 56.3 Å². The molecule has 3 aromatic rings. The third-order valence-electron chi connectivity index (χ3n) is 5.00. The predicted octanol–water partition coefficient (Wildman–Crippen LogP) is 4.83. The summed E-state index contributed by atoms with van der Waals surface area (Å²) < 4.78 is 0. The summed E-state index contributed by atoms with van der Waals surface area (Å²) >= 11 is 0. The van der Waals surface area contributed by atoms with E-state index in [1.165, 1.54) is 6.07 Å². The Morgan fingerprint density at radius 2 is 1.93 bits per heavy atom. The fourth-order valence-electron chi connectivity index (χ4n) is 3.32. The minimum Gasteiger partial charge on any atom is -0.375 e. The van der Waals surface area contributed by atoms with Crippen LogP contribution in [0.2, 0.25) is 0 Å². The Kier molecular flexibility index (Phi) is 6.75.